The summed E-state index contributed by atoms with van der Waals surface area (Å²) in [5.74, 6) is -5.71. The van der Waals surface area contributed by atoms with Crippen molar-refractivity contribution in [2.24, 2.45) is 11.8 Å². The fraction of sp³-hybridized carbons (Fsp3) is 0.800. The average molecular weight is 523 g/mol. The minimum absolute atomic E-state index is 0.0857. The van der Waals surface area contributed by atoms with Gasteiger partial charge in [-0.2, -0.15) is 0 Å². The molecule has 4 radical (unpaired) electrons. The summed E-state index contributed by atoms with van der Waals surface area (Å²) in [5, 5.41) is 40.0. The fourth-order valence-corrected chi connectivity index (χ4v) is 7.67. The van der Waals surface area contributed by atoms with E-state index < -0.39 is 35.7 Å². The monoisotopic (exact) mass is 524 g/mol. The van der Waals surface area contributed by atoms with Crippen LogP contribution in [0.2, 0.25) is 7.87 Å². The third kappa shape index (κ3) is 31.6. The molecule has 0 heterocycles. The number of carbonyl (C=O) groups is 4. The van der Waals surface area contributed by atoms with Gasteiger partial charge in [0.25, 0.3) is 0 Å². The van der Waals surface area contributed by atoms with Crippen LogP contribution in [-0.2, 0) is 19.2 Å². The second-order valence-corrected chi connectivity index (χ2v) is 18.7. The van der Waals surface area contributed by atoms with Crippen molar-refractivity contribution < 1.29 is 39.6 Å². The van der Waals surface area contributed by atoms with Crippen molar-refractivity contribution in [1.82, 2.24) is 0 Å². The van der Waals surface area contributed by atoms with Crippen LogP contribution in [0.1, 0.15) is 80.1 Å². The average Bonchev–Trinajstić information content (AvgIpc) is 2.53. The quantitative estimate of drug-likeness (QED) is 0.277. The molecule has 0 saturated carbocycles. The number of carboxylic acid groups (broad SMARTS) is 4. The van der Waals surface area contributed by atoms with Gasteiger partial charge in [0, 0.05) is 23.9 Å². The SMILES string of the molecule is CC(CCCC(=O)[O-])C(=O)[O-].CC(CCCC(=O)[O-])C(=O)[O-].C[CH](C)[SnH2+4][CH](C)C. The van der Waals surface area contributed by atoms with Gasteiger partial charge in [-0.3, -0.25) is 0 Å². The van der Waals surface area contributed by atoms with E-state index in [2.05, 4.69) is 27.7 Å². The molecule has 0 amide bonds. The Morgan fingerprint density at radius 1 is 0.621 bits per heavy atom. The van der Waals surface area contributed by atoms with Crippen LogP contribution in [0.5, 0.6) is 0 Å². The van der Waals surface area contributed by atoms with Gasteiger partial charge in [-0.05, 0) is 50.4 Å². The van der Waals surface area contributed by atoms with Crippen LogP contribution in [0, 0.1) is 11.8 Å². The van der Waals surface area contributed by atoms with Crippen molar-refractivity contribution in [3.8, 4) is 0 Å². The summed E-state index contributed by atoms with van der Waals surface area (Å²) < 4.78 is 2.17. The molecule has 0 fully saturated rings. The molecule has 8 nitrogen and oxygen atoms in total. The number of rotatable bonds is 12. The summed E-state index contributed by atoms with van der Waals surface area (Å²) in [5.41, 5.74) is 0. The topological polar surface area (TPSA) is 161 Å². The first-order valence-electron chi connectivity index (χ1n) is 10.0. The van der Waals surface area contributed by atoms with Crippen molar-refractivity contribution in [2.75, 3.05) is 0 Å². The van der Waals surface area contributed by atoms with E-state index in [1.54, 1.807) is 0 Å². The fourth-order valence-electron chi connectivity index (χ4n) is 2.28. The van der Waals surface area contributed by atoms with E-state index in [9.17, 15) is 39.6 Å². The Labute approximate surface area is 184 Å². The van der Waals surface area contributed by atoms with E-state index in [-0.39, 0.29) is 34.0 Å². The molecular weight excluding hydrogens is 487 g/mol. The molecule has 0 aliphatic heterocycles. The van der Waals surface area contributed by atoms with Crippen molar-refractivity contribution in [3.63, 3.8) is 0 Å². The summed E-state index contributed by atoms with van der Waals surface area (Å²) in [6, 6.07) is 0. The molecule has 0 bridgehead atoms. The van der Waals surface area contributed by atoms with Crippen LogP contribution in [-0.4, -0.2) is 45.0 Å². The molecule has 0 N–H and O–H groups in total. The number of carboxylic acids is 4. The molecule has 9 heteroatoms. The van der Waals surface area contributed by atoms with Crippen molar-refractivity contribution >= 4 is 45.0 Å². The molecule has 2 atom stereocenters. The Morgan fingerprint density at radius 2 is 0.897 bits per heavy atom. The van der Waals surface area contributed by atoms with Crippen LogP contribution in [0.15, 0.2) is 0 Å². The van der Waals surface area contributed by atoms with Gasteiger partial charge in [0.05, 0.1) is 0 Å². The summed E-state index contributed by atoms with van der Waals surface area (Å²) in [7, 11) is 0. The van der Waals surface area contributed by atoms with E-state index in [1.165, 1.54) is 13.8 Å². The molecule has 0 aromatic carbocycles. The summed E-state index contributed by atoms with van der Waals surface area (Å²) in [6.45, 7) is 12.4. The molecule has 0 aromatic rings. The van der Waals surface area contributed by atoms with Gasteiger partial charge in [0.15, 0.2) is 0 Å². The van der Waals surface area contributed by atoms with Crippen LogP contribution < -0.4 is 20.4 Å². The number of hydrogen-bond acceptors (Lipinski definition) is 8. The molecule has 0 spiro atoms. The van der Waals surface area contributed by atoms with Crippen molar-refractivity contribution in [1.29, 1.82) is 0 Å². The predicted molar refractivity (Wildman–Crippen MR) is 105 cm³/mol. The third-order valence-electron chi connectivity index (χ3n) is 3.78. The zero-order valence-electron chi connectivity index (χ0n) is 18.5. The zero-order valence-corrected chi connectivity index (χ0v) is 22.6. The van der Waals surface area contributed by atoms with E-state index in [0.29, 0.717) is 25.7 Å². The van der Waals surface area contributed by atoms with Gasteiger partial charge in [-0.25, -0.2) is 0 Å². The summed E-state index contributed by atoms with van der Waals surface area (Å²) >= 11 is -0.272. The Bertz CT molecular complexity index is 435. The molecular formula is C20H36O8Sn. The van der Waals surface area contributed by atoms with Crippen LogP contribution in [0.25, 0.3) is 0 Å². The zero-order chi connectivity index (χ0) is 23.6. The van der Waals surface area contributed by atoms with E-state index in [4.69, 9.17) is 0 Å². The minimum atomic E-state index is -1.14. The molecule has 0 saturated heterocycles. The first-order valence-corrected chi connectivity index (χ1v) is 14.7. The van der Waals surface area contributed by atoms with Gasteiger partial charge >= 0.3 is 56.7 Å². The van der Waals surface area contributed by atoms with Crippen molar-refractivity contribution in [3.05, 3.63) is 0 Å². The number of aliphatic carboxylic acids is 4. The van der Waals surface area contributed by atoms with E-state index in [1.807, 2.05) is 0 Å². The molecule has 0 aromatic heterocycles. The molecule has 0 aliphatic carbocycles. The summed E-state index contributed by atoms with van der Waals surface area (Å²) in [4.78, 5) is 40.0. The maximum absolute atomic E-state index is 10.1. The molecule has 168 valence electrons. The first kappa shape index (κ1) is 32.3. The Hall–Kier alpha value is -1.32. The second kappa shape index (κ2) is 20.0. The molecule has 0 rings (SSSR count). The normalized spacial score (nSPS) is 12.1. The van der Waals surface area contributed by atoms with Crippen LogP contribution >= 0.6 is 0 Å². The summed E-state index contributed by atoms with van der Waals surface area (Å²) in [6.07, 6.45) is 1.15. The molecule has 0 aliphatic rings. The van der Waals surface area contributed by atoms with Gasteiger partial charge in [-0.15, -0.1) is 0 Å². The first-order chi connectivity index (χ1) is 13.2. The second-order valence-electron chi connectivity index (χ2n) is 7.99. The Kier molecular flexibility index (Phi) is 22.3. The van der Waals surface area contributed by atoms with Crippen LogP contribution in [0.4, 0.5) is 0 Å². The number of carbonyl (C=O) groups excluding carboxylic acids is 4. The van der Waals surface area contributed by atoms with Gasteiger partial charge < -0.3 is 39.6 Å². The Balaban J connectivity index is -0.000000360. The third-order valence-corrected chi connectivity index (χ3v) is 9.17. The predicted octanol–water partition coefficient (Wildman–Crippen LogP) is -1.60. The van der Waals surface area contributed by atoms with E-state index in [0.717, 1.165) is 7.87 Å². The van der Waals surface area contributed by atoms with E-state index >= 15 is 0 Å². The van der Waals surface area contributed by atoms with Gasteiger partial charge in [0.2, 0.25) is 0 Å². The molecule has 2 unspecified atom stereocenters. The Morgan fingerprint density at radius 3 is 1.03 bits per heavy atom. The standard InChI is InChI=1S/2C7H12O4.2C3H7.Sn.2H/c2*1-5(7(10)11)3-2-4-6(8)9;2*1-3-2;;;/h2*5H,2-4H2,1H3,(H,8,9)(H,10,11);2*3H,1-2H3;;;/q;;;;+4;;/p-4. The van der Waals surface area contributed by atoms with Crippen LogP contribution in [0.3, 0.4) is 0 Å². The number of hydrogen-bond donors (Lipinski definition) is 0. The maximum atomic E-state index is 10.1. The van der Waals surface area contributed by atoms with Gasteiger partial charge in [0.1, 0.15) is 0 Å². The van der Waals surface area contributed by atoms with Gasteiger partial charge in [-0.1, -0.05) is 13.8 Å². The molecule has 29 heavy (non-hydrogen) atoms. The van der Waals surface area contributed by atoms with Crippen molar-refractivity contribution in [2.45, 2.75) is 87.9 Å².